The first kappa shape index (κ1) is 21.2. The topological polar surface area (TPSA) is 76.4 Å². The highest BCUT2D eigenvalue weighted by Crippen LogP contribution is 2.18. The minimum absolute atomic E-state index is 0.149. The number of furan rings is 1. The fourth-order valence-corrected chi connectivity index (χ4v) is 4.12. The molecule has 0 radical (unpaired) electrons. The van der Waals surface area contributed by atoms with Crippen LogP contribution in [0.25, 0.3) is 0 Å². The van der Waals surface area contributed by atoms with Gasteiger partial charge in [-0.2, -0.15) is 0 Å². The Labute approximate surface area is 162 Å². The second kappa shape index (κ2) is 10.9. The fourth-order valence-electron chi connectivity index (χ4n) is 2.85. The summed E-state index contributed by atoms with van der Waals surface area (Å²) in [5.74, 6) is -0.150. The number of unbranched alkanes of at least 4 members (excludes halogenated alkanes) is 6. The maximum absolute atomic E-state index is 12.4. The van der Waals surface area contributed by atoms with Gasteiger partial charge in [-0.25, -0.2) is 8.42 Å². The molecule has 1 amide bonds. The minimum Gasteiger partial charge on any atom is -0.455 e. The smallest absolute Gasteiger partial charge is 0.286 e. The van der Waals surface area contributed by atoms with Gasteiger partial charge in [0.05, 0.1) is 4.90 Å². The molecule has 0 aliphatic carbocycles. The Bertz CT molecular complexity index is 797. The van der Waals surface area contributed by atoms with Crippen molar-refractivity contribution in [3.05, 3.63) is 54.0 Å². The monoisotopic (exact) mass is 391 g/mol. The molecule has 2 aromatic rings. The molecule has 0 aliphatic rings. The quantitative estimate of drug-likeness (QED) is 0.531. The molecule has 27 heavy (non-hydrogen) atoms. The van der Waals surface area contributed by atoms with Crippen molar-refractivity contribution >= 4 is 15.7 Å². The van der Waals surface area contributed by atoms with Crippen LogP contribution in [0.15, 0.2) is 51.8 Å². The first-order chi connectivity index (χ1) is 13.0. The van der Waals surface area contributed by atoms with Crippen LogP contribution in [0.4, 0.5) is 0 Å². The Morgan fingerprint density at radius 3 is 2.30 bits per heavy atom. The number of nitrogens with one attached hydrogen (secondary N) is 1. The van der Waals surface area contributed by atoms with E-state index in [9.17, 15) is 13.2 Å². The van der Waals surface area contributed by atoms with Gasteiger partial charge in [-0.05, 0) is 30.7 Å². The Morgan fingerprint density at radius 1 is 0.926 bits per heavy atom. The average molecular weight is 392 g/mol. The minimum atomic E-state index is -3.49. The highest BCUT2D eigenvalue weighted by atomic mass is 32.2. The van der Waals surface area contributed by atoms with Crippen LogP contribution < -0.4 is 5.32 Å². The molecule has 0 spiro atoms. The summed E-state index contributed by atoms with van der Waals surface area (Å²) in [7, 11) is -3.49. The van der Waals surface area contributed by atoms with E-state index in [2.05, 4.69) is 12.2 Å². The third kappa shape index (κ3) is 7.21. The lowest BCUT2D eigenvalue weighted by Gasteiger charge is -2.04. The van der Waals surface area contributed by atoms with Crippen molar-refractivity contribution in [1.82, 2.24) is 5.32 Å². The van der Waals surface area contributed by atoms with Gasteiger partial charge in [-0.3, -0.25) is 4.79 Å². The zero-order valence-electron chi connectivity index (χ0n) is 15.9. The van der Waals surface area contributed by atoms with E-state index >= 15 is 0 Å². The van der Waals surface area contributed by atoms with E-state index in [-0.39, 0.29) is 28.1 Å². The first-order valence-electron chi connectivity index (χ1n) is 9.67. The van der Waals surface area contributed by atoms with Crippen molar-refractivity contribution in [2.45, 2.75) is 62.5 Å². The highest BCUT2D eigenvalue weighted by molar-refractivity contribution is 7.90. The number of hydrogen-bond acceptors (Lipinski definition) is 4. The lowest BCUT2D eigenvalue weighted by Crippen LogP contribution is -2.23. The van der Waals surface area contributed by atoms with Crippen molar-refractivity contribution in [2.75, 3.05) is 6.54 Å². The molecular formula is C21H29NO4S. The van der Waals surface area contributed by atoms with Gasteiger partial charge in [-0.15, -0.1) is 0 Å². The lowest BCUT2D eigenvalue weighted by atomic mass is 10.1. The molecule has 5 nitrogen and oxygen atoms in total. The van der Waals surface area contributed by atoms with Gasteiger partial charge < -0.3 is 9.73 Å². The molecule has 1 heterocycles. The van der Waals surface area contributed by atoms with E-state index in [1.807, 2.05) is 0 Å². The normalized spacial score (nSPS) is 11.4. The third-order valence-corrected chi connectivity index (χ3v) is 6.04. The predicted octanol–water partition coefficient (Wildman–Crippen LogP) is 4.73. The lowest BCUT2D eigenvalue weighted by molar-refractivity contribution is 0.0923. The zero-order valence-corrected chi connectivity index (χ0v) is 16.8. The van der Waals surface area contributed by atoms with Gasteiger partial charge >= 0.3 is 0 Å². The van der Waals surface area contributed by atoms with Crippen LogP contribution in [0.3, 0.4) is 0 Å². The summed E-state index contributed by atoms with van der Waals surface area (Å²) in [6.07, 6.45) is 8.29. The summed E-state index contributed by atoms with van der Waals surface area (Å²) in [4.78, 5) is 12.4. The van der Waals surface area contributed by atoms with Gasteiger partial charge in [0.25, 0.3) is 5.91 Å². The molecule has 148 valence electrons. The zero-order chi connectivity index (χ0) is 19.5. The van der Waals surface area contributed by atoms with Gasteiger partial charge in [0.1, 0.15) is 11.5 Å². The van der Waals surface area contributed by atoms with Crippen LogP contribution in [-0.4, -0.2) is 20.9 Å². The Kier molecular flexibility index (Phi) is 8.58. The molecule has 0 atom stereocenters. The van der Waals surface area contributed by atoms with Crippen molar-refractivity contribution in [2.24, 2.45) is 0 Å². The number of carbonyl (C=O) groups is 1. The van der Waals surface area contributed by atoms with E-state index in [0.717, 1.165) is 12.8 Å². The van der Waals surface area contributed by atoms with Crippen LogP contribution in [0.5, 0.6) is 0 Å². The summed E-state index contributed by atoms with van der Waals surface area (Å²) < 4.78 is 30.2. The Hall–Kier alpha value is -2.08. The molecule has 1 N–H and O–H groups in total. The molecule has 0 saturated heterocycles. The molecule has 0 aliphatic heterocycles. The van der Waals surface area contributed by atoms with Crippen LogP contribution in [0, 0.1) is 0 Å². The van der Waals surface area contributed by atoms with E-state index in [1.54, 1.807) is 36.4 Å². The number of benzene rings is 1. The predicted molar refractivity (Wildman–Crippen MR) is 106 cm³/mol. The van der Waals surface area contributed by atoms with Gasteiger partial charge in [0, 0.05) is 6.54 Å². The summed E-state index contributed by atoms with van der Waals surface area (Å²) in [6, 6.07) is 11.3. The summed E-state index contributed by atoms with van der Waals surface area (Å²) >= 11 is 0. The van der Waals surface area contributed by atoms with Crippen LogP contribution >= 0.6 is 0 Å². The molecule has 0 fully saturated rings. The SMILES string of the molecule is CCCCCCCCCNC(=O)c1ccc(CS(=O)(=O)c2ccccc2)o1. The van der Waals surface area contributed by atoms with Crippen LogP contribution in [0.2, 0.25) is 0 Å². The van der Waals surface area contributed by atoms with Crippen LogP contribution in [-0.2, 0) is 15.6 Å². The summed E-state index contributed by atoms with van der Waals surface area (Å²) in [5, 5.41) is 2.83. The standard InChI is InChI=1S/C21H29NO4S/c1-2-3-4-5-6-7-11-16-22-21(23)20-15-14-18(26-20)17-27(24,25)19-12-9-8-10-13-19/h8-10,12-15H,2-7,11,16-17H2,1H3,(H,22,23). The van der Waals surface area contributed by atoms with Gasteiger partial charge in [-0.1, -0.05) is 63.6 Å². The molecule has 0 saturated carbocycles. The second-order valence-corrected chi connectivity index (χ2v) is 8.70. The van der Waals surface area contributed by atoms with Crippen molar-refractivity contribution in [1.29, 1.82) is 0 Å². The average Bonchev–Trinajstić information content (AvgIpc) is 3.12. The Balaban J connectivity index is 1.75. The molecule has 1 aromatic heterocycles. The van der Waals surface area contributed by atoms with E-state index in [4.69, 9.17) is 4.42 Å². The Morgan fingerprint density at radius 2 is 1.59 bits per heavy atom. The van der Waals surface area contributed by atoms with Crippen LogP contribution in [0.1, 0.15) is 68.2 Å². The number of amides is 1. The first-order valence-corrected chi connectivity index (χ1v) is 11.3. The van der Waals surface area contributed by atoms with Crippen molar-refractivity contribution in [3.63, 3.8) is 0 Å². The van der Waals surface area contributed by atoms with E-state index in [1.165, 1.54) is 38.2 Å². The van der Waals surface area contributed by atoms with E-state index < -0.39 is 9.84 Å². The number of carbonyl (C=O) groups excluding carboxylic acids is 1. The highest BCUT2D eigenvalue weighted by Gasteiger charge is 2.19. The maximum atomic E-state index is 12.4. The molecule has 0 unspecified atom stereocenters. The molecule has 2 rings (SSSR count). The fraction of sp³-hybridized carbons (Fsp3) is 0.476. The van der Waals surface area contributed by atoms with E-state index in [0.29, 0.717) is 6.54 Å². The summed E-state index contributed by atoms with van der Waals surface area (Å²) in [6.45, 7) is 2.80. The van der Waals surface area contributed by atoms with Crippen molar-refractivity contribution in [3.8, 4) is 0 Å². The molecule has 1 aromatic carbocycles. The molecular weight excluding hydrogens is 362 g/mol. The number of hydrogen-bond donors (Lipinski definition) is 1. The van der Waals surface area contributed by atoms with Gasteiger partial charge in [0.15, 0.2) is 15.6 Å². The van der Waals surface area contributed by atoms with Gasteiger partial charge in [0.2, 0.25) is 0 Å². The number of rotatable bonds is 12. The molecule has 0 bridgehead atoms. The molecule has 6 heteroatoms. The largest absolute Gasteiger partial charge is 0.455 e. The summed E-state index contributed by atoms with van der Waals surface area (Å²) in [5.41, 5.74) is 0. The van der Waals surface area contributed by atoms with Crippen molar-refractivity contribution < 1.29 is 17.6 Å². The number of sulfone groups is 1. The third-order valence-electron chi connectivity index (χ3n) is 4.39. The second-order valence-electron chi connectivity index (χ2n) is 6.72. The maximum Gasteiger partial charge on any atom is 0.286 e.